The average molecular weight is 287 g/mol. The lowest BCUT2D eigenvalue weighted by molar-refractivity contribution is 0.570. The SMILES string of the molecule is Fc1ccc(CC(Cl)c2ccccc2Cl)c(F)c1. The molecule has 0 N–H and O–H groups in total. The molecule has 0 aliphatic rings. The van der Waals surface area contributed by atoms with Gasteiger partial charge in [0, 0.05) is 11.1 Å². The van der Waals surface area contributed by atoms with Crippen molar-refractivity contribution in [3.8, 4) is 0 Å². The van der Waals surface area contributed by atoms with E-state index in [0.29, 0.717) is 10.6 Å². The van der Waals surface area contributed by atoms with Crippen molar-refractivity contribution in [3.63, 3.8) is 0 Å². The molecule has 1 atom stereocenters. The lowest BCUT2D eigenvalue weighted by Gasteiger charge is -2.12. The average Bonchev–Trinajstić information content (AvgIpc) is 2.33. The molecule has 0 radical (unpaired) electrons. The Bertz CT molecular complexity index is 555. The zero-order chi connectivity index (χ0) is 13.1. The maximum atomic E-state index is 13.5. The lowest BCUT2D eigenvalue weighted by Crippen LogP contribution is -1.99. The Balaban J connectivity index is 2.21. The van der Waals surface area contributed by atoms with Gasteiger partial charge in [-0.25, -0.2) is 8.78 Å². The molecule has 0 nitrogen and oxygen atoms in total. The van der Waals surface area contributed by atoms with E-state index in [0.717, 1.165) is 11.6 Å². The van der Waals surface area contributed by atoms with E-state index < -0.39 is 17.0 Å². The van der Waals surface area contributed by atoms with Crippen molar-refractivity contribution in [2.24, 2.45) is 0 Å². The predicted octanol–water partition coefficient (Wildman–Crippen LogP) is 5.14. The van der Waals surface area contributed by atoms with Gasteiger partial charge in [0.05, 0.1) is 5.38 Å². The number of rotatable bonds is 3. The Hall–Kier alpha value is -1.12. The fourth-order valence-electron chi connectivity index (χ4n) is 1.72. The zero-order valence-electron chi connectivity index (χ0n) is 9.34. The van der Waals surface area contributed by atoms with Gasteiger partial charge < -0.3 is 0 Å². The summed E-state index contributed by atoms with van der Waals surface area (Å²) in [5.41, 5.74) is 1.11. The van der Waals surface area contributed by atoms with E-state index in [1.807, 2.05) is 6.07 Å². The van der Waals surface area contributed by atoms with Crippen molar-refractivity contribution >= 4 is 23.2 Å². The third-order valence-electron chi connectivity index (χ3n) is 2.66. The molecule has 0 fully saturated rings. The topological polar surface area (TPSA) is 0 Å². The molecule has 2 aromatic rings. The number of hydrogen-bond acceptors (Lipinski definition) is 0. The first-order valence-electron chi connectivity index (χ1n) is 5.40. The molecule has 0 aliphatic carbocycles. The first-order valence-corrected chi connectivity index (χ1v) is 6.22. The Morgan fingerprint density at radius 3 is 2.44 bits per heavy atom. The number of halogens is 4. The summed E-state index contributed by atoms with van der Waals surface area (Å²) in [4.78, 5) is 0. The molecule has 0 heterocycles. The minimum absolute atomic E-state index is 0.261. The van der Waals surface area contributed by atoms with Crippen LogP contribution in [0.1, 0.15) is 16.5 Å². The van der Waals surface area contributed by atoms with Crippen LogP contribution in [0, 0.1) is 11.6 Å². The molecule has 2 aromatic carbocycles. The Labute approximate surface area is 114 Å². The van der Waals surface area contributed by atoms with Crippen molar-refractivity contribution in [2.75, 3.05) is 0 Å². The van der Waals surface area contributed by atoms with Gasteiger partial charge >= 0.3 is 0 Å². The fraction of sp³-hybridized carbons (Fsp3) is 0.143. The number of benzene rings is 2. The van der Waals surface area contributed by atoms with E-state index in [-0.39, 0.29) is 6.42 Å². The summed E-state index contributed by atoms with van der Waals surface area (Å²) < 4.78 is 26.3. The summed E-state index contributed by atoms with van der Waals surface area (Å²) in [5, 5.41) is 0.0960. The van der Waals surface area contributed by atoms with Crippen LogP contribution in [-0.4, -0.2) is 0 Å². The molecule has 0 saturated heterocycles. The zero-order valence-corrected chi connectivity index (χ0v) is 10.8. The molecule has 94 valence electrons. The maximum Gasteiger partial charge on any atom is 0.129 e. The van der Waals surface area contributed by atoms with Gasteiger partial charge in [0.15, 0.2) is 0 Å². The number of hydrogen-bond donors (Lipinski definition) is 0. The number of alkyl halides is 1. The van der Waals surface area contributed by atoms with Crippen LogP contribution >= 0.6 is 23.2 Å². The second-order valence-electron chi connectivity index (χ2n) is 3.93. The maximum absolute atomic E-state index is 13.5. The highest BCUT2D eigenvalue weighted by Gasteiger charge is 2.14. The summed E-state index contributed by atoms with van der Waals surface area (Å²) in [6, 6.07) is 10.6. The molecule has 0 spiro atoms. The summed E-state index contributed by atoms with van der Waals surface area (Å²) >= 11 is 12.2. The third kappa shape index (κ3) is 3.01. The van der Waals surface area contributed by atoms with Gasteiger partial charge in [-0.05, 0) is 29.7 Å². The van der Waals surface area contributed by atoms with E-state index in [1.165, 1.54) is 12.1 Å². The van der Waals surface area contributed by atoms with E-state index in [9.17, 15) is 8.78 Å². The highest BCUT2D eigenvalue weighted by atomic mass is 35.5. The molecule has 2 rings (SSSR count). The monoisotopic (exact) mass is 286 g/mol. The van der Waals surface area contributed by atoms with Crippen LogP contribution in [0.5, 0.6) is 0 Å². The van der Waals surface area contributed by atoms with Crippen LogP contribution in [0.25, 0.3) is 0 Å². The predicted molar refractivity (Wildman–Crippen MR) is 70.1 cm³/mol. The standard InChI is InChI=1S/C14H10Cl2F2/c15-12-4-2-1-3-11(12)13(16)7-9-5-6-10(17)8-14(9)18/h1-6,8,13H,7H2. The molecular weight excluding hydrogens is 277 g/mol. The van der Waals surface area contributed by atoms with Gasteiger partial charge in [-0.2, -0.15) is 0 Å². The summed E-state index contributed by atoms with van der Waals surface area (Å²) in [6.45, 7) is 0. The van der Waals surface area contributed by atoms with Crippen LogP contribution in [-0.2, 0) is 6.42 Å². The highest BCUT2D eigenvalue weighted by Crippen LogP contribution is 2.31. The van der Waals surface area contributed by atoms with Gasteiger partial charge in [0.25, 0.3) is 0 Å². The first kappa shape index (κ1) is 13.3. The minimum atomic E-state index is -0.597. The summed E-state index contributed by atoms with van der Waals surface area (Å²) in [6.07, 6.45) is 0.261. The lowest BCUT2D eigenvalue weighted by atomic mass is 10.0. The first-order chi connectivity index (χ1) is 8.58. The van der Waals surface area contributed by atoms with Crippen molar-refractivity contribution in [2.45, 2.75) is 11.8 Å². The Morgan fingerprint density at radius 2 is 1.78 bits per heavy atom. The third-order valence-corrected chi connectivity index (χ3v) is 3.39. The molecule has 0 aliphatic heterocycles. The quantitative estimate of drug-likeness (QED) is 0.685. The van der Waals surface area contributed by atoms with Gasteiger partial charge in [0.2, 0.25) is 0 Å². The van der Waals surface area contributed by atoms with Crippen molar-refractivity contribution in [1.82, 2.24) is 0 Å². The Morgan fingerprint density at radius 1 is 1.06 bits per heavy atom. The summed E-state index contributed by atoms with van der Waals surface area (Å²) in [7, 11) is 0. The van der Waals surface area contributed by atoms with Crippen LogP contribution in [0.2, 0.25) is 5.02 Å². The largest absolute Gasteiger partial charge is 0.207 e. The van der Waals surface area contributed by atoms with Gasteiger partial charge in [-0.3, -0.25) is 0 Å². The van der Waals surface area contributed by atoms with Crippen molar-refractivity contribution in [3.05, 3.63) is 70.2 Å². The van der Waals surface area contributed by atoms with Gasteiger partial charge in [0.1, 0.15) is 11.6 Å². The van der Waals surface area contributed by atoms with E-state index in [2.05, 4.69) is 0 Å². The minimum Gasteiger partial charge on any atom is -0.207 e. The van der Waals surface area contributed by atoms with E-state index >= 15 is 0 Å². The molecule has 4 heteroatoms. The van der Waals surface area contributed by atoms with Gasteiger partial charge in [-0.1, -0.05) is 35.9 Å². The van der Waals surface area contributed by atoms with Crippen LogP contribution in [0.15, 0.2) is 42.5 Å². The molecule has 0 bridgehead atoms. The van der Waals surface area contributed by atoms with Crippen LogP contribution in [0.4, 0.5) is 8.78 Å². The second-order valence-corrected chi connectivity index (χ2v) is 4.86. The molecule has 1 unspecified atom stereocenters. The Kier molecular flexibility index (Phi) is 4.20. The molecular formula is C14H10Cl2F2. The normalized spacial score (nSPS) is 12.4. The van der Waals surface area contributed by atoms with Gasteiger partial charge in [-0.15, -0.1) is 11.6 Å². The van der Waals surface area contributed by atoms with Crippen LogP contribution < -0.4 is 0 Å². The van der Waals surface area contributed by atoms with Crippen LogP contribution in [0.3, 0.4) is 0 Å². The molecule has 0 amide bonds. The van der Waals surface area contributed by atoms with Crippen molar-refractivity contribution in [1.29, 1.82) is 0 Å². The molecule has 0 aromatic heterocycles. The molecule has 18 heavy (non-hydrogen) atoms. The molecule has 0 saturated carbocycles. The highest BCUT2D eigenvalue weighted by molar-refractivity contribution is 6.32. The second kappa shape index (κ2) is 5.68. The summed E-state index contributed by atoms with van der Waals surface area (Å²) in [5.74, 6) is -1.19. The van der Waals surface area contributed by atoms with Crippen molar-refractivity contribution < 1.29 is 8.78 Å². The van der Waals surface area contributed by atoms with E-state index in [4.69, 9.17) is 23.2 Å². The fourth-order valence-corrected chi connectivity index (χ4v) is 2.40. The smallest absolute Gasteiger partial charge is 0.129 e. The van der Waals surface area contributed by atoms with E-state index in [1.54, 1.807) is 18.2 Å².